The van der Waals surface area contributed by atoms with Crippen LogP contribution in [0.15, 0.2) is 11.6 Å². The Kier molecular flexibility index (Phi) is 3.70. The lowest BCUT2D eigenvalue weighted by molar-refractivity contribution is -0.144. The van der Waals surface area contributed by atoms with Crippen molar-refractivity contribution in [3.05, 3.63) is 11.6 Å². The van der Waals surface area contributed by atoms with Crippen LogP contribution in [0.2, 0.25) is 0 Å². The summed E-state index contributed by atoms with van der Waals surface area (Å²) in [6.07, 6.45) is 5.08. The van der Waals surface area contributed by atoms with Crippen LogP contribution < -0.4 is 0 Å². The lowest BCUT2D eigenvalue weighted by atomic mass is 9.83. The molecule has 2 unspecified atom stereocenters. The van der Waals surface area contributed by atoms with Gasteiger partial charge in [-0.15, -0.1) is 0 Å². The summed E-state index contributed by atoms with van der Waals surface area (Å²) in [4.78, 5) is 11.3. The van der Waals surface area contributed by atoms with Crippen molar-refractivity contribution in [2.24, 2.45) is 11.8 Å². The average molecular weight is 193 g/mol. The van der Waals surface area contributed by atoms with E-state index in [9.17, 15) is 4.79 Å². The maximum atomic E-state index is 11.3. The van der Waals surface area contributed by atoms with E-state index >= 15 is 0 Å². The van der Waals surface area contributed by atoms with E-state index < -0.39 is 11.9 Å². The minimum atomic E-state index is -0.629. The molecule has 0 fully saturated rings. The number of allylic oxidation sites excluding steroid dienone is 2. The Morgan fingerprint density at radius 1 is 1.79 bits per heavy atom. The fourth-order valence-corrected chi connectivity index (χ4v) is 1.86. The summed E-state index contributed by atoms with van der Waals surface area (Å²) >= 11 is 0. The van der Waals surface area contributed by atoms with E-state index in [4.69, 9.17) is 5.26 Å². The first-order chi connectivity index (χ1) is 6.69. The molecular formula is C11H15NO2. The number of esters is 1. The van der Waals surface area contributed by atoms with E-state index in [1.54, 1.807) is 0 Å². The van der Waals surface area contributed by atoms with Gasteiger partial charge in [-0.2, -0.15) is 5.26 Å². The zero-order chi connectivity index (χ0) is 10.6. The van der Waals surface area contributed by atoms with Crippen LogP contribution in [0.3, 0.4) is 0 Å². The van der Waals surface area contributed by atoms with Crippen molar-refractivity contribution < 1.29 is 9.53 Å². The molecule has 1 aliphatic rings. The summed E-state index contributed by atoms with van der Waals surface area (Å²) in [7, 11) is 1.33. The lowest BCUT2D eigenvalue weighted by Crippen LogP contribution is -2.24. The van der Waals surface area contributed by atoms with Gasteiger partial charge in [0.2, 0.25) is 0 Å². The molecule has 0 spiro atoms. The fraction of sp³-hybridized carbons (Fsp3) is 0.636. The van der Waals surface area contributed by atoms with Crippen molar-refractivity contribution in [2.75, 3.05) is 7.11 Å². The predicted molar refractivity (Wildman–Crippen MR) is 52.2 cm³/mol. The number of hydrogen-bond acceptors (Lipinski definition) is 3. The van der Waals surface area contributed by atoms with Crippen LogP contribution in [0.25, 0.3) is 0 Å². The molecule has 0 aromatic rings. The maximum Gasteiger partial charge on any atom is 0.323 e. The Labute approximate surface area is 84.4 Å². The molecule has 3 nitrogen and oxygen atoms in total. The van der Waals surface area contributed by atoms with E-state index in [-0.39, 0.29) is 5.92 Å². The highest BCUT2D eigenvalue weighted by molar-refractivity contribution is 5.75. The third-order valence-corrected chi connectivity index (χ3v) is 2.63. The summed E-state index contributed by atoms with van der Waals surface area (Å²) < 4.78 is 4.60. The van der Waals surface area contributed by atoms with Gasteiger partial charge in [-0.05, 0) is 26.2 Å². The molecular weight excluding hydrogens is 178 g/mol. The summed E-state index contributed by atoms with van der Waals surface area (Å²) in [5.41, 5.74) is 1.27. The molecule has 0 aromatic heterocycles. The summed E-state index contributed by atoms with van der Waals surface area (Å²) in [5.74, 6) is -1.00. The molecule has 1 aliphatic carbocycles. The molecule has 0 aliphatic heterocycles. The average Bonchev–Trinajstić information content (AvgIpc) is 2.19. The predicted octanol–water partition coefficient (Wildman–Crippen LogP) is 2.05. The van der Waals surface area contributed by atoms with Crippen molar-refractivity contribution in [3.63, 3.8) is 0 Å². The zero-order valence-electron chi connectivity index (χ0n) is 8.62. The summed E-state index contributed by atoms with van der Waals surface area (Å²) in [6.45, 7) is 2.04. The van der Waals surface area contributed by atoms with Gasteiger partial charge in [0, 0.05) is 5.92 Å². The van der Waals surface area contributed by atoms with Crippen LogP contribution in [0.4, 0.5) is 0 Å². The number of hydrogen-bond donors (Lipinski definition) is 0. The maximum absolute atomic E-state index is 11.3. The smallest absolute Gasteiger partial charge is 0.323 e. The van der Waals surface area contributed by atoms with Gasteiger partial charge in [-0.3, -0.25) is 4.79 Å². The third-order valence-electron chi connectivity index (χ3n) is 2.63. The molecule has 0 amide bonds. The number of ether oxygens (including phenoxy) is 1. The molecule has 0 aromatic carbocycles. The van der Waals surface area contributed by atoms with Crippen molar-refractivity contribution in [3.8, 4) is 6.07 Å². The standard InChI is InChI=1S/C11H15NO2/c1-8-4-3-5-9(6-8)10(7-12)11(13)14-2/h6,9-10H,3-5H2,1-2H3. The molecule has 0 bridgehead atoms. The normalized spacial score (nSPS) is 23.2. The van der Waals surface area contributed by atoms with E-state index in [0.29, 0.717) is 0 Å². The first kappa shape index (κ1) is 10.8. The van der Waals surface area contributed by atoms with Crippen LogP contribution in [-0.4, -0.2) is 13.1 Å². The molecule has 0 heterocycles. The summed E-state index contributed by atoms with van der Waals surface area (Å²) in [6, 6.07) is 2.02. The van der Waals surface area contributed by atoms with Gasteiger partial charge in [-0.1, -0.05) is 11.6 Å². The minimum absolute atomic E-state index is 0.0428. The highest BCUT2D eigenvalue weighted by atomic mass is 16.5. The van der Waals surface area contributed by atoms with Crippen LogP contribution in [-0.2, 0) is 9.53 Å². The van der Waals surface area contributed by atoms with Crippen molar-refractivity contribution >= 4 is 5.97 Å². The zero-order valence-corrected chi connectivity index (χ0v) is 8.62. The second-order valence-corrected chi connectivity index (χ2v) is 3.70. The SMILES string of the molecule is COC(=O)C(C#N)C1C=C(C)CCC1. The van der Waals surface area contributed by atoms with Crippen molar-refractivity contribution in [2.45, 2.75) is 26.2 Å². The fourth-order valence-electron chi connectivity index (χ4n) is 1.86. The second-order valence-electron chi connectivity index (χ2n) is 3.70. The van der Waals surface area contributed by atoms with E-state index in [0.717, 1.165) is 19.3 Å². The van der Waals surface area contributed by atoms with Gasteiger partial charge in [0.1, 0.15) is 5.92 Å². The van der Waals surface area contributed by atoms with E-state index in [1.165, 1.54) is 12.7 Å². The highest BCUT2D eigenvalue weighted by Gasteiger charge is 2.28. The quantitative estimate of drug-likeness (QED) is 0.498. The van der Waals surface area contributed by atoms with Crippen molar-refractivity contribution in [1.29, 1.82) is 5.26 Å². The van der Waals surface area contributed by atoms with Gasteiger partial charge in [0.05, 0.1) is 13.2 Å². The molecule has 2 atom stereocenters. The largest absolute Gasteiger partial charge is 0.468 e. The second kappa shape index (κ2) is 4.80. The minimum Gasteiger partial charge on any atom is -0.468 e. The number of rotatable bonds is 2. The van der Waals surface area contributed by atoms with Gasteiger partial charge in [-0.25, -0.2) is 0 Å². The first-order valence-corrected chi connectivity index (χ1v) is 4.83. The van der Waals surface area contributed by atoms with Gasteiger partial charge >= 0.3 is 5.97 Å². The Hall–Kier alpha value is -1.30. The molecule has 0 radical (unpaired) electrons. The first-order valence-electron chi connectivity index (χ1n) is 4.83. The van der Waals surface area contributed by atoms with Gasteiger partial charge in [0.15, 0.2) is 0 Å². The van der Waals surface area contributed by atoms with Crippen LogP contribution in [0, 0.1) is 23.2 Å². The third kappa shape index (κ3) is 2.35. The lowest BCUT2D eigenvalue weighted by Gasteiger charge is -2.21. The highest BCUT2D eigenvalue weighted by Crippen LogP contribution is 2.28. The number of nitriles is 1. The van der Waals surface area contributed by atoms with E-state index in [2.05, 4.69) is 4.74 Å². The monoisotopic (exact) mass is 193 g/mol. The van der Waals surface area contributed by atoms with Crippen LogP contribution in [0.5, 0.6) is 0 Å². The Morgan fingerprint density at radius 3 is 3.00 bits per heavy atom. The molecule has 3 heteroatoms. The number of carbonyl (C=O) groups excluding carboxylic acids is 1. The van der Waals surface area contributed by atoms with Gasteiger partial charge < -0.3 is 4.74 Å². The topological polar surface area (TPSA) is 50.1 Å². The Bertz CT molecular complexity index is 288. The molecule has 76 valence electrons. The number of methoxy groups -OCH3 is 1. The molecule has 0 saturated heterocycles. The summed E-state index contributed by atoms with van der Waals surface area (Å²) in [5, 5.41) is 8.89. The van der Waals surface area contributed by atoms with E-state index in [1.807, 2.05) is 19.1 Å². The molecule has 0 saturated carbocycles. The van der Waals surface area contributed by atoms with Crippen LogP contribution >= 0.6 is 0 Å². The number of nitrogens with zero attached hydrogens (tertiary/aromatic N) is 1. The van der Waals surface area contributed by atoms with Crippen molar-refractivity contribution in [1.82, 2.24) is 0 Å². The van der Waals surface area contributed by atoms with Gasteiger partial charge in [0.25, 0.3) is 0 Å². The van der Waals surface area contributed by atoms with Crippen LogP contribution in [0.1, 0.15) is 26.2 Å². The molecule has 14 heavy (non-hydrogen) atoms. The number of carbonyl (C=O) groups is 1. The molecule has 0 N–H and O–H groups in total. The Balaban J connectivity index is 2.75. The Morgan fingerprint density at radius 2 is 2.50 bits per heavy atom. The molecule has 1 rings (SSSR count).